The summed E-state index contributed by atoms with van der Waals surface area (Å²) in [6.07, 6.45) is 2.08. The van der Waals surface area contributed by atoms with Crippen molar-refractivity contribution in [2.45, 2.75) is 32.3 Å². The van der Waals surface area contributed by atoms with Crippen LogP contribution in [0.4, 0.5) is 0 Å². The maximum atomic E-state index is 11.5. The molecular formula is C21H23NO3S. The van der Waals surface area contributed by atoms with Crippen LogP contribution < -0.4 is 4.74 Å². The molecule has 2 aromatic rings. The topological polar surface area (TPSA) is 49.8 Å². The van der Waals surface area contributed by atoms with Crippen molar-refractivity contribution in [2.75, 3.05) is 20.1 Å². The predicted octanol–water partition coefficient (Wildman–Crippen LogP) is 4.36. The second-order valence-electron chi connectivity index (χ2n) is 7.14. The average Bonchev–Trinajstić information content (AvgIpc) is 3.04. The number of thiophene rings is 1. The molecule has 3 heterocycles. The van der Waals surface area contributed by atoms with E-state index in [-0.39, 0.29) is 0 Å². The van der Waals surface area contributed by atoms with Gasteiger partial charge >= 0.3 is 5.97 Å². The third-order valence-corrected chi connectivity index (χ3v) is 6.36. The second kappa shape index (κ2) is 6.89. The highest BCUT2D eigenvalue weighted by atomic mass is 32.1. The summed E-state index contributed by atoms with van der Waals surface area (Å²) in [5.74, 6) is -0.477. The van der Waals surface area contributed by atoms with Gasteiger partial charge in [0, 0.05) is 23.5 Å². The molecule has 0 bridgehead atoms. The Kier molecular flexibility index (Phi) is 4.59. The Morgan fingerprint density at radius 1 is 1.23 bits per heavy atom. The number of rotatable bonds is 2. The predicted molar refractivity (Wildman–Crippen MR) is 104 cm³/mol. The van der Waals surface area contributed by atoms with E-state index in [0.717, 1.165) is 42.8 Å². The molecule has 4 nitrogen and oxygen atoms in total. The first-order valence-electron chi connectivity index (χ1n) is 9.02. The van der Waals surface area contributed by atoms with Gasteiger partial charge in [0.05, 0.1) is 5.92 Å². The van der Waals surface area contributed by atoms with Crippen molar-refractivity contribution in [3.63, 3.8) is 0 Å². The van der Waals surface area contributed by atoms with Crippen molar-refractivity contribution in [1.29, 1.82) is 0 Å². The van der Waals surface area contributed by atoms with Crippen LogP contribution >= 0.6 is 11.3 Å². The lowest BCUT2D eigenvalue weighted by Gasteiger charge is -2.27. The minimum atomic E-state index is -0.802. The fraction of sp³-hybridized carbons (Fsp3) is 0.381. The number of nitrogens with zero attached hydrogens (tertiary/aromatic N) is 1. The zero-order valence-electron chi connectivity index (χ0n) is 15.1. The summed E-state index contributed by atoms with van der Waals surface area (Å²) >= 11 is 1.73. The molecule has 4 rings (SSSR count). The molecule has 2 aliphatic rings. The van der Waals surface area contributed by atoms with E-state index in [1.807, 2.05) is 18.2 Å². The third-order valence-electron chi connectivity index (χ3n) is 5.46. The van der Waals surface area contributed by atoms with Crippen LogP contribution in [0, 0.1) is 0 Å². The highest BCUT2D eigenvalue weighted by Gasteiger charge is 2.26. The van der Waals surface area contributed by atoms with E-state index < -0.39 is 11.9 Å². The van der Waals surface area contributed by atoms with Crippen LogP contribution in [0.1, 0.15) is 47.3 Å². The van der Waals surface area contributed by atoms with Crippen LogP contribution in [0.5, 0.6) is 5.75 Å². The first-order chi connectivity index (χ1) is 12.5. The minimum absolute atomic E-state index is 0.533. The molecule has 0 aliphatic carbocycles. The van der Waals surface area contributed by atoms with Crippen molar-refractivity contribution >= 4 is 22.9 Å². The number of aliphatic carboxylic acids is 1. The molecule has 1 aromatic carbocycles. The minimum Gasteiger partial charge on any atom is -0.487 e. The van der Waals surface area contributed by atoms with E-state index in [2.05, 4.69) is 23.4 Å². The summed E-state index contributed by atoms with van der Waals surface area (Å²) in [5, 5.41) is 11.5. The molecule has 1 fully saturated rings. The molecule has 2 aliphatic heterocycles. The molecule has 26 heavy (non-hydrogen) atoms. The lowest BCUT2D eigenvalue weighted by Crippen LogP contribution is -2.26. The largest absolute Gasteiger partial charge is 0.487 e. The zero-order valence-corrected chi connectivity index (χ0v) is 15.9. The molecule has 136 valence electrons. The fourth-order valence-corrected chi connectivity index (χ4v) is 4.56. The molecule has 5 heteroatoms. The Morgan fingerprint density at radius 2 is 2.00 bits per heavy atom. The number of likely N-dealkylation sites (tertiary alicyclic amines) is 1. The number of carboxylic acids is 1. The lowest BCUT2D eigenvalue weighted by atomic mass is 9.87. The van der Waals surface area contributed by atoms with Crippen LogP contribution in [0.25, 0.3) is 5.57 Å². The van der Waals surface area contributed by atoms with Gasteiger partial charge in [-0.15, -0.1) is 11.3 Å². The summed E-state index contributed by atoms with van der Waals surface area (Å²) in [6, 6.07) is 8.04. The molecule has 0 spiro atoms. The summed E-state index contributed by atoms with van der Waals surface area (Å²) in [5.41, 5.74) is 5.85. The van der Waals surface area contributed by atoms with Gasteiger partial charge in [0.2, 0.25) is 0 Å². The van der Waals surface area contributed by atoms with Crippen molar-refractivity contribution in [3.8, 4) is 5.75 Å². The summed E-state index contributed by atoms with van der Waals surface area (Å²) in [6.45, 7) is 4.42. The van der Waals surface area contributed by atoms with Gasteiger partial charge in [-0.3, -0.25) is 4.79 Å². The Bertz CT molecular complexity index is 873. The first-order valence-corrected chi connectivity index (χ1v) is 9.90. The number of ether oxygens (including phenoxy) is 1. The molecule has 1 unspecified atom stereocenters. The Morgan fingerprint density at radius 3 is 2.73 bits per heavy atom. The van der Waals surface area contributed by atoms with Gasteiger partial charge < -0.3 is 14.7 Å². The summed E-state index contributed by atoms with van der Waals surface area (Å²) in [7, 11) is 2.16. The van der Waals surface area contributed by atoms with Crippen molar-refractivity contribution in [1.82, 2.24) is 4.90 Å². The number of hydrogen-bond donors (Lipinski definition) is 1. The van der Waals surface area contributed by atoms with Crippen molar-refractivity contribution in [3.05, 3.63) is 56.8 Å². The SMILES string of the molecule is CC(C(=O)O)c1ccc2c(c1)C(=C1CCN(C)CC1)c1ccsc1CO2. The molecule has 0 radical (unpaired) electrons. The van der Waals surface area contributed by atoms with E-state index in [4.69, 9.17) is 4.74 Å². The number of hydrogen-bond acceptors (Lipinski definition) is 4. The quantitative estimate of drug-likeness (QED) is 0.855. The number of benzene rings is 1. The highest BCUT2D eigenvalue weighted by molar-refractivity contribution is 7.10. The molecular weight excluding hydrogens is 346 g/mol. The number of fused-ring (bicyclic) bond motifs is 2. The Balaban J connectivity index is 1.89. The van der Waals surface area contributed by atoms with Crippen LogP contribution in [0.2, 0.25) is 0 Å². The van der Waals surface area contributed by atoms with Gasteiger partial charge in [-0.1, -0.05) is 11.6 Å². The van der Waals surface area contributed by atoms with Crippen LogP contribution in [-0.4, -0.2) is 36.1 Å². The van der Waals surface area contributed by atoms with Crippen molar-refractivity contribution in [2.24, 2.45) is 0 Å². The Labute approximate surface area is 157 Å². The standard InChI is InChI=1S/C21H23NO3S/c1-13(21(23)24)15-3-4-18-17(11-15)20(14-5-8-22(2)9-6-14)16-7-10-26-19(16)12-25-18/h3-4,7,10-11,13H,5-6,8-9,12H2,1-2H3,(H,23,24). The molecule has 1 aromatic heterocycles. The monoisotopic (exact) mass is 369 g/mol. The van der Waals surface area contributed by atoms with Crippen LogP contribution in [0.3, 0.4) is 0 Å². The average molecular weight is 369 g/mol. The maximum absolute atomic E-state index is 11.5. The van der Waals surface area contributed by atoms with Crippen molar-refractivity contribution < 1.29 is 14.6 Å². The maximum Gasteiger partial charge on any atom is 0.310 e. The third kappa shape index (κ3) is 3.06. The Hall–Kier alpha value is -2.11. The van der Waals surface area contributed by atoms with Crippen LogP contribution in [-0.2, 0) is 11.4 Å². The van der Waals surface area contributed by atoms with E-state index in [9.17, 15) is 9.90 Å². The second-order valence-corrected chi connectivity index (χ2v) is 8.14. The van der Waals surface area contributed by atoms with Crippen LogP contribution in [0.15, 0.2) is 35.2 Å². The normalized spacial score (nSPS) is 18.5. The molecule has 0 amide bonds. The molecule has 0 saturated carbocycles. The highest BCUT2D eigenvalue weighted by Crippen LogP contribution is 2.43. The molecule has 1 atom stereocenters. The van der Waals surface area contributed by atoms with E-state index in [1.165, 1.54) is 21.6 Å². The lowest BCUT2D eigenvalue weighted by molar-refractivity contribution is -0.138. The van der Waals surface area contributed by atoms with Gasteiger partial charge in [-0.2, -0.15) is 0 Å². The number of carbonyl (C=O) groups is 1. The first kappa shape index (κ1) is 17.3. The molecule has 1 N–H and O–H groups in total. The van der Waals surface area contributed by atoms with E-state index in [1.54, 1.807) is 18.3 Å². The number of piperidine rings is 1. The smallest absolute Gasteiger partial charge is 0.310 e. The van der Waals surface area contributed by atoms with Gasteiger partial charge in [0.15, 0.2) is 0 Å². The van der Waals surface area contributed by atoms with E-state index >= 15 is 0 Å². The summed E-state index contributed by atoms with van der Waals surface area (Å²) in [4.78, 5) is 15.1. The zero-order chi connectivity index (χ0) is 18.3. The molecule has 1 saturated heterocycles. The number of carboxylic acid groups (broad SMARTS) is 1. The van der Waals surface area contributed by atoms with Gasteiger partial charge in [0.1, 0.15) is 12.4 Å². The van der Waals surface area contributed by atoms with Gasteiger partial charge in [-0.25, -0.2) is 0 Å². The van der Waals surface area contributed by atoms with E-state index in [0.29, 0.717) is 6.61 Å². The fourth-order valence-electron chi connectivity index (χ4n) is 3.76. The summed E-state index contributed by atoms with van der Waals surface area (Å²) < 4.78 is 6.09. The van der Waals surface area contributed by atoms with Gasteiger partial charge in [-0.05, 0) is 67.1 Å². The van der Waals surface area contributed by atoms with Gasteiger partial charge in [0.25, 0.3) is 0 Å².